The van der Waals surface area contributed by atoms with Crippen LogP contribution in [0.3, 0.4) is 0 Å². The molecule has 302 valence electrons. The maximum absolute atomic E-state index is 13.4. The Morgan fingerprint density at radius 2 is 0.714 bits per heavy atom. The monoisotopic (exact) mass is 810 g/mol. The number of carbonyl (C=O) groups excluding carboxylic acids is 2. The Hall–Kier alpha value is -4.88. The Labute approximate surface area is 342 Å². The molecule has 0 aliphatic carbocycles. The first kappa shape index (κ1) is 43.8. The van der Waals surface area contributed by atoms with Gasteiger partial charge in [0.1, 0.15) is 0 Å². The molecule has 4 aromatic carbocycles. The number of carbonyl (C=O) groups is 2. The van der Waals surface area contributed by atoms with E-state index in [9.17, 15) is 9.59 Å². The highest BCUT2D eigenvalue weighted by molar-refractivity contribution is 5.95. The van der Waals surface area contributed by atoms with Crippen LogP contribution in [0.5, 0.6) is 34.5 Å². The summed E-state index contributed by atoms with van der Waals surface area (Å²) in [4.78, 5) is 35.5. The molecule has 2 aliphatic heterocycles. The Morgan fingerprint density at radius 3 is 0.964 bits per heavy atom. The summed E-state index contributed by atoms with van der Waals surface area (Å²) >= 11 is 0. The second-order valence-corrected chi connectivity index (χ2v) is 13.3. The van der Waals surface area contributed by atoms with Gasteiger partial charge in [-0.15, -0.1) is 24.8 Å². The van der Waals surface area contributed by atoms with Gasteiger partial charge >= 0.3 is 0 Å². The first-order valence-electron chi connectivity index (χ1n) is 18.1. The summed E-state index contributed by atoms with van der Waals surface area (Å²) in [5, 5.41) is 0. The number of methoxy groups -OCH3 is 6. The van der Waals surface area contributed by atoms with Crippen LogP contribution in [0, 0.1) is 0 Å². The Balaban J connectivity index is 0.00000348. The molecule has 2 amide bonds. The highest BCUT2D eigenvalue weighted by atomic mass is 35.5. The lowest BCUT2D eigenvalue weighted by Gasteiger charge is -2.38. The SMILES string of the molecule is COc1cc(-c2ccc(C(=O)N3CCN(CCN4CCN(C(=O)c5ccc(-c6cc(OC)c(OC)c(OC)c6)cc5)CC4)CC3)cc2)cc(OC)c1OC.Cl.Cl. The Kier molecular flexibility index (Phi) is 15.9. The molecule has 0 unspecified atom stereocenters. The van der Waals surface area contributed by atoms with Gasteiger partial charge in [0, 0.05) is 76.6 Å². The Bertz CT molecular complexity index is 1720. The van der Waals surface area contributed by atoms with Crippen molar-refractivity contribution < 1.29 is 38.0 Å². The number of benzene rings is 4. The van der Waals surface area contributed by atoms with Gasteiger partial charge in [-0.3, -0.25) is 19.4 Å². The van der Waals surface area contributed by atoms with Crippen LogP contribution in [-0.4, -0.2) is 140 Å². The van der Waals surface area contributed by atoms with Gasteiger partial charge in [0.2, 0.25) is 11.5 Å². The van der Waals surface area contributed by atoms with Gasteiger partial charge < -0.3 is 38.2 Å². The average molecular weight is 812 g/mol. The van der Waals surface area contributed by atoms with Crippen LogP contribution in [0.4, 0.5) is 0 Å². The molecule has 56 heavy (non-hydrogen) atoms. The highest BCUT2D eigenvalue weighted by Gasteiger charge is 2.26. The van der Waals surface area contributed by atoms with E-state index in [0.29, 0.717) is 71.8 Å². The smallest absolute Gasteiger partial charge is 0.253 e. The number of hydrogen-bond acceptors (Lipinski definition) is 10. The maximum Gasteiger partial charge on any atom is 0.253 e. The van der Waals surface area contributed by atoms with Crippen molar-refractivity contribution in [1.82, 2.24) is 19.6 Å². The quantitative estimate of drug-likeness (QED) is 0.157. The fourth-order valence-electron chi connectivity index (χ4n) is 7.10. The van der Waals surface area contributed by atoms with Crippen LogP contribution in [0.1, 0.15) is 20.7 Å². The zero-order chi connectivity index (χ0) is 38.2. The number of amides is 2. The summed E-state index contributed by atoms with van der Waals surface area (Å²) in [5.41, 5.74) is 5.05. The summed E-state index contributed by atoms with van der Waals surface area (Å²) in [6.07, 6.45) is 0. The number of nitrogens with zero attached hydrogens (tertiary/aromatic N) is 4. The van der Waals surface area contributed by atoms with E-state index in [1.165, 1.54) is 0 Å². The molecule has 6 rings (SSSR count). The molecule has 14 heteroatoms. The van der Waals surface area contributed by atoms with Crippen molar-refractivity contribution in [3.63, 3.8) is 0 Å². The van der Waals surface area contributed by atoms with E-state index in [0.717, 1.165) is 61.5 Å². The number of piperazine rings is 2. The van der Waals surface area contributed by atoms with Crippen molar-refractivity contribution in [2.45, 2.75) is 0 Å². The predicted molar refractivity (Wildman–Crippen MR) is 222 cm³/mol. The van der Waals surface area contributed by atoms with E-state index in [1.54, 1.807) is 42.7 Å². The van der Waals surface area contributed by atoms with Gasteiger partial charge in [-0.05, 0) is 70.8 Å². The fourth-order valence-corrected chi connectivity index (χ4v) is 7.10. The van der Waals surface area contributed by atoms with Crippen molar-refractivity contribution in [2.75, 3.05) is 108 Å². The molecule has 0 spiro atoms. The second kappa shape index (κ2) is 20.3. The second-order valence-electron chi connectivity index (χ2n) is 13.3. The average Bonchev–Trinajstić information content (AvgIpc) is 3.24. The van der Waals surface area contributed by atoms with Crippen LogP contribution >= 0.6 is 24.8 Å². The molecule has 2 fully saturated rings. The molecule has 2 heterocycles. The van der Waals surface area contributed by atoms with Crippen molar-refractivity contribution in [3.8, 4) is 56.8 Å². The standard InChI is InChI=1S/C42H50N4O8.2ClH/c1-49-35-25-33(26-36(50-2)39(35)53-5)29-7-11-31(12-8-29)41(47)45-21-17-43(18-22-45)15-16-44-19-23-46(24-20-44)42(48)32-13-9-30(10-14-32)34-27-37(51-3)40(54-6)38(28-34)52-4;;/h7-14,25-28H,15-24H2,1-6H3;2*1H. The number of ether oxygens (including phenoxy) is 6. The topological polar surface area (TPSA) is 102 Å². The normalized spacial score (nSPS) is 14.5. The van der Waals surface area contributed by atoms with Crippen molar-refractivity contribution >= 4 is 36.6 Å². The van der Waals surface area contributed by atoms with E-state index < -0.39 is 0 Å². The van der Waals surface area contributed by atoms with Crippen molar-refractivity contribution in [3.05, 3.63) is 83.9 Å². The molecule has 0 saturated carbocycles. The number of rotatable bonds is 13. The lowest BCUT2D eigenvalue weighted by atomic mass is 10.0. The molecule has 0 aromatic heterocycles. The minimum absolute atomic E-state index is 0. The molecule has 12 nitrogen and oxygen atoms in total. The summed E-state index contributed by atoms with van der Waals surface area (Å²) in [6, 6.07) is 22.9. The molecule has 2 aliphatic rings. The van der Waals surface area contributed by atoms with Gasteiger partial charge in [-0.1, -0.05) is 24.3 Å². The van der Waals surface area contributed by atoms with Gasteiger partial charge in [0.25, 0.3) is 11.8 Å². The first-order valence-corrected chi connectivity index (χ1v) is 18.1. The Morgan fingerprint density at radius 1 is 0.429 bits per heavy atom. The predicted octanol–water partition coefficient (Wildman–Crippen LogP) is 6.13. The largest absolute Gasteiger partial charge is 0.493 e. The lowest BCUT2D eigenvalue weighted by molar-refractivity contribution is 0.0555. The fraction of sp³-hybridized carbons (Fsp3) is 0.381. The van der Waals surface area contributed by atoms with E-state index >= 15 is 0 Å². The molecule has 0 atom stereocenters. The lowest BCUT2D eigenvalue weighted by Crippen LogP contribution is -2.53. The summed E-state index contributed by atoms with van der Waals surface area (Å²) in [7, 11) is 9.54. The molecule has 0 radical (unpaired) electrons. The van der Waals surface area contributed by atoms with Crippen LogP contribution in [-0.2, 0) is 0 Å². The van der Waals surface area contributed by atoms with Crippen LogP contribution in [0.2, 0.25) is 0 Å². The van der Waals surface area contributed by atoms with Crippen LogP contribution < -0.4 is 28.4 Å². The molecule has 0 bridgehead atoms. The van der Waals surface area contributed by atoms with E-state index in [2.05, 4.69) is 9.80 Å². The van der Waals surface area contributed by atoms with E-state index in [4.69, 9.17) is 28.4 Å². The van der Waals surface area contributed by atoms with Crippen molar-refractivity contribution in [2.24, 2.45) is 0 Å². The number of hydrogen-bond donors (Lipinski definition) is 0. The molecule has 0 N–H and O–H groups in total. The molecule has 4 aromatic rings. The van der Waals surface area contributed by atoms with E-state index in [1.807, 2.05) is 82.6 Å². The third kappa shape index (κ3) is 9.73. The highest BCUT2D eigenvalue weighted by Crippen LogP contribution is 2.42. The maximum atomic E-state index is 13.4. The van der Waals surface area contributed by atoms with Gasteiger partial charge in [-0.2, -0.15) is 0 Å². The molecular formula is C42H52Cl2N4O8. The van der Waals surface area contributed by atoms with Gasteiger partial charge in [0.15, 0.2) is 23.0 Å². The first-order chi connectivity index (χ1) is 26.3. The third-order valence-corrected chi connectivity index (χ3v) is 10.3. The van der Waals surface area contributed by atoms with Gasteiger partial charge in [-0.25, -0.2) is 0 Å². The third-order valence-electron chi connectivity index (χ3n) is 10.3. The zero-order valence-corrected chi connectivity index (χ0v) is 34.5. The van der Waals surface area contributed by atoms with Crippen LogP contribution in [0.25, 0.3) is 22.3 Å². The summed E-state index contributed by atoms with van der Waals surface area (Å²) < 4.78 is 32.9. The minimum Gasteiger partial charge on any atom is -0.493 e. The summed E-state index contributed by atoms with van der Waals surface area (Å²) in [5.74, 6) is 3.49. The van der Waals surface area contributed by atoms with Gasteiger partial charge in [0.05, 0.1) is 42.7 Å². The minimum atomic E-state index is 0. The molecule has 2 saturated heterocycles. The summed E-state index contributed by atoms with van der Waals surface area (Å²) in [6.45, 7) is 7.95. The zero-order valence-electron chi connectivity index (χ0n) is 32.9. The number of halogens is 2. The van der Waals surface area contributed by atoms with E-state index in [-0.39, 0.29) is 36.6 Å². The van der Waals surface area contributed by atoms with Crippen molar-refractivity contribution in [1.29, 1.82) is 0 Å². The van der Waals surface area contributed by atoms with Crippen LogP contribution in [0.15, 0.2) is 72.8 Å². The molecular weight excluding hydrogens is 759 g/mol.